The van der Waals surface area contributed by atoms with Crippen LogP contribution in [0.3, 0.4) is 0 Å². The van der Waals surface area contributed by atoms with Crippen molar-refractivity contribution in [3.05, 3.63) is 35.1 Å². The predicted octanol–water partition coefficient (Wildman–Crippen LogP) is 2.57. The Hall–Kier alpha value is -1.82. The second-order valence-electron chi connectivity index (χ2n) is 3.31. The maximum atomic E-state index is 5.52. The fraction of sp³-hybridized carbons (Fsp3) is 0.0909. The Labute approximate surface area is 107 Å². The molecule has 0 saturated carbocycles. The number of hydrogen-bond donors (Lipinski definition) is 2. The van der Waals surface area contributed by atoms with Gasteiger partial charge in [0.2, 0.25) is 5.95 Å². The minimum Gasteiger partial charge on any atom is -0.495 e. The second-order valence-corrected chi connectivity index (χ2v) is 4.23. The number of benzene rings is 1. The quantitative estimate of drug-likeness (QED) is 0.910. The smallest absolute Gasteiger partial charge is 0.227 e. The van der Waals surface area contributed by atoms with Gasteiger partial charge in [-0.3, -0.25) is 0 Å². The van der Waals surface area contributed by atoms with Crippen LogP contribution in [0.2, 0.25) is 0 Å². The molecule has 1 aromatic carbocycles. The van der Waals surface area contributed by atoms with Gasteiger partial charge in [-0.05, 0) is 18.2 Å². The molecule has 0 spiro atoms. The summed E-state index contributed by atoms with van der Waals surface area (Å²) in [4.78, 5) is 8.12. The third-order valence-corrected chi connectivity index (χ3v) is 2.57. The van der Waals surface area contributed by atoms with Crippen molar-refractivity contribution in [2.75, 3.05) is 18.2 Å². The van der Waals surface area contributed by atoms with Crippen molar-refractivity contribution in [3.8, 4) is 5.75 Å². The van der Waals surface area contributed by atoms with Crippen LogP contribution in [0.15, 0.2) is 35.1 Å². The van der Waals surface area contributed by atoms with Crippen molar-refractivity contribution in [2.45, 2.75) is 0 Å². The van der Waals surface area contributed by atoms with E-state index in [2.05, 4.69) is 31.2 Å². The minimum atomic E-state index is 0.468. The minimum absolute atomic E-state index is 0.468. The lowest BCUT2D eigenvalue weighted by molar-refractivity contribution is 0.416. The summed E-state index contributed by atoms with van der Waals surface area (Å²) >= 11 is 3.39. The molecule has 0 aliphatic heterocycles. The summed E-state index contributed by atoms with van der Waals surface area (Å²) in [5.74, 6) is 1.18. The van der Waals surface area contributed by atoms with Gasteiger partial charge in [0.15, 0.2) is 0 Å². The van der Waals surface area contributed by atoms with Gasteiger partial charge in [-0.2, -0.15) is 0 Å². The summed E-state index contributed by atoms with van der Waals surface area (Å²) in [5.41, 5.74) is 6.82. The number of anilines is 3. The number of nitrogens with zero attached hydrogens (tertiary/aromatic N) is 2. The Bertz CT molecular complexity index is 515. The molecular weight excluding hydrogens is 284 g/mol. The third kappa shape index (κ3) is 2.85. The van der Waals surface area contributed by atoms with Crippen LogP contribution in [-0.4, -0.2) is 17.1 Å². The highest BCUT2D eigenvalue weighted by atomic mass is 79.9. The predicted molar refractivity (Wildman–Crippen MR) is 70.4 cm³/mol. The largest absolute Gasteiger partial charge is 0.495 e. The molecule has 6 heteroatoms. The molecule has 0 atom stereocenters. The number of ether oxygens (including phenoxy) is 1. The summed E-state index contributed by atoms with van der Waals surface area (Å²) in [6.07, 6.45) is 3.08. The highest BCUT2D eigenvalue weighted by Crippen LogP contribution is 2.29. The van der Waals surface area contributed by atoms with E-state index in [4.69, 9.17) is 10.5 Å². The maximum Gasteiger partial charge on any atom is 0.227 e. The molecule has 0 bridgehead atoms. The molecule has 5 nitrogen and oxygen atoms in total. The van der Waals surface area contributed by atoms with E-state index in [1.165, 1.54) is 0 Å². The molecule has 0 aliphatic carbocycles. The summed E-state index contributed by atoms with van der Waals surface area (Å²) < 4.78 is 6.17. The first-order valence-electron chi connectivity index (χ1n) is 4.87. The van der Waals surface area contributed by atoms with Gasteiger partial charge in [0, 0.05) is 4.47 Å². The van der Waals surface area contributed by atoms with Gasteiger partial charge in [0.1, 0.15) is 5.75 Å². The number of methoxy groups -OCH3 is 1. The molecule has 0 fully saturated rings. The molecule has 88 valence electrons. The molecule has 0 amide bonds. The molecule has 1 heterocycles. The monoisotopic (exact) mass is 294 g/mol. The molecule has 0 saturated heterocycles. The SMILES string of the molecule is COc1ccc(Br)cc1Nc1ncc(N)cn1. The fourth-order valence-corrected chi connectivity index (χ4v) is 1.66. The number of nitrogen functional groups attached to an aromatic ring is 1. The second kappa shape index (κ2) is 5.01. The van der Waals surface area contributed by atoms with Gasteiger partial charge in [0.05, 0.1) is 30.9 Å². The van der Waals surface area contributed by atoms with Crippen molar-refractivity contribution in [2.24, 2.45) is 0 Å². The number of rotatable bonds is 3. The number of nitrogens with two attached hydrogens (primary N) is 1. The van der Waals surface area contributed by atoms with E-state index in [9.17, 15) is 0 Å². The zero-order chi connectivity index (χ0) is 12.3. The first-order chi connectivity index (χ1) is 8.19. The van der Waals surface area contributed by atoms with Crippen LogP contribution in [0.5, 0.6) is 5.75 Å². The van der Waals surface area contributed by atoms with Crippen molar-refractivity contribution in [3.63, 3.8) is 0 Å². The van der Waals surface area contributed by atoms with Crippen LogP contribution < -0.4 is 15.8 Å². The molecular formula is C11H11BrN4O. The van der Waals surface area contributed by atoms with Crippen LogP contribution in [0, 0.1) is 0 Å². The first kappa shape index (κ1) is 11.7. The fourth-order valence-electron chi connectivity index (χ4n) is 1.30. The van der Waals surface area contributed by atoms with Crippen LogP contribution in [-0.2, 0) is 0 Å². The van der Waals surface area contributed by atoms with Crippen LogP contribution in [0.25, 0.3) is 0 Å². The lowest BCUT2D eigenvalue weighted by Crippen LogP contribution is -1.99. The van der Waals surface area contributed by atoms with E-state index in [0.717, 1.165) is 10.2 Å². The van der Waals surface area contributed by atoms with E-state index < -0.39 is 0 Å². The Balaban J connectivity index is 2.28. The first-order valence-corrected chi connectivity index (χ1v) is 5.66. The number of hydrogen-bond acceptors (Lipinski definition) is 5. The standard InChI is InChI=1S/C11H11BrN4O/c1-17-10-3-2-7(12)4-9(10)16-11-14-5-8(13)6-15-11/h2-6H,13H2,1H3,(H,14,15,16). The van der Waals surface area contributed by atoms with Crippen LogP contribution >= 0.6 is 15.9 Å². The van der Waals surface area contributed by atoms with Gasteiger partial charge < -0.3 is 15.8 Å². The maximum absolute atomic E-state index is 5.52. The van der Waals surface area contributed by atoms with Gasteiger partial charge in [-0.1, -0.05) is 15.9 Å². The molecule has 17 heavy (non-hydrogen) atoms. The Morgan fingerprint density at radius 1 is 1.29 bits per heavy atom. The average Bonchev–Trinajstić information content (AvgIpc) is 2.32. The molecule has 2 aromatic rings. The Morgan fingerprint density at radius 3 is 2.65 bits per heavy atom. The van der Waals surface area contributed by atoms with E-state index in [1.54, 1.807) is 19.5 Å². The van der Waals surface area contributed by atoms with Crippen LogP contribution in [0.1, 0.15) is 0 Å². The molecule has 1 aromatic heterocycles. The van der Waals surface area contributed by atoms with Gasteiger partial charge >= 0.3 is 0 Å². The average molecular weight is 295 g/mol. The van der Waals surface area contributed by atoms with Gasteiger partial charge in [-0.25, -0.2) is 9.97 Å². The summed E-state index contributed by atoms with van der Waals surface area (Å²) in [6, 6.07) is 5.64. The highest BCUT2D eigenvalue weighted by Gasteiger charge is 2.05. The zero-order valence-corrected chi connectivity index (χ0v) is 10.7. The summed E-state index contributed by atoms with van der Waals surface area (Å²) in [7, 11) is 1.61. The van der Waals surface area contributed by atoms with E-state index >= 15 is 0 Å². The van der Waals surface area contributed by atoms with Crippen LogP contribution in [0.4, 0.5) is 17.3 Å². The van der Waals surface area contributed by atoms with E-state index in [1.807, 2.05) is 18.2 Å². The topological polar surface area (TPSA) is 73.1 Å². The molecule has 0 radical (unpaired) electrons. The highest BCUT2D eigenvalue weighted by molar-refractivity contribution is 9.10. The molecule has 0 aliphatic rings. The van der Waals surface area contributed by atoms with E-state index in [0.29, 0.717) is 17.4 Å². The van der Waals surface area contributed by atoms with Crippen molar-refractivity contribution in [1.82, 2.24) is 9.97 Å². The Morgan fingerprint density at radius 2 is 2.00 bits per heavy atom. The van der Waals surface area contributed by atoms with Gasteiger partial charge in [-0.15, -0.1) is 0 Å². The molecule has 3 N–H and O–H groups in total. The molecule has 2 rings (SSSR count). The Kier molecular flexibility index (Phi) is 3.43. The normalized spacial score (nSPS) is 10.0. The number of nitrogens with one attached hydrogen (secondary N) is 1. The molecule has 0 unspecified atom stereocenters. The van der Waals surface area contributed by atoms with Crippen molar-refractivity contribution >= 4 is 33.3 Å². The summed E-state index contributed by atoms with van der Waals surface area (Å²) in [6.45, 7) is 0. The van der Waals surface area contributed by atoms with Crippen molar-refractivity contribution < 1.29 is 4.74 Å². The third-order valence-electron chi connectivity index (χ3n) is 2.08. The number of halogens is 1. The van der Waals surface area contributed by atoms with Gasteiger partial charge in [0.25, 0.3) is 0 Å². The lowest BCUT2D eigenvalue weighted by atomic mass is 10.3. The zero-order valence-electron chi connectivity index (χ0n) is 9.14. The van der Waals surface area contributed by atoms with E-state index in [-0.39, 0.29) is 0 Å². The van der Waals surface area contributed by atoms with Crippen molar-refractivity contribution in [1.29, 1.82) is 0 Å². The lowest BCUT2D eigenvalue weighted by Gasteiger charge is -2.10. The summed E-state index contributed by atoms with van der Waals surface area (Å²) in [5, 5.41) is 3.06. The number of aromatic nitrogens is 2.